The van der Waals surface area contributed by atoms with Gasteiger partial charge in [-0.25, -0.2) is 4.79 Å². The van der Waals surface area contributed by atoms with Gasteiger partial charge < -0.3 is 20.1 Å². The molecule has 0 spiro atoms. The van der Waals surface area contributed by atoms with Crippen molar-refractivity contribution in [3.8, 4) is 11.1 Å². The van der Waals surface area contributed by atoms with E-state index in [-0.39, 0.29) is 11.4 Å². The van der Waals surface area contributed by atoms with E-state index < -0.39 is 6.29 Å². The molecule has 1 aliphatic heterocycles. The zero-order chi connectivity index (χ0) is 25.3. The lowest BCUT2D eigenvalue weighted by Gasteiger charge is -2.21. The summed E-state index contributed by atoms with van der Waals surface area (Å²) in [4.78, 5) is 17.6. The Morgan fingerprint density at radius 2 is 1.61 bits per heavy atom. The lowest BCUT2D eigenvalue weighted by Crippen LogP contribution is -2.21. The Bertz CT molecular complexity index is 1400. The van der Waals surface area contributed by atoms with E-state index in [0.717, 1.165) is 44.5 Å². The molecule has 1 fully saturated rings. The molecule has 0 bridgehead atoms. The van der Waals surface area contributed by atoms with Gasteiger partial charge in [0.05, 0.1) is 24.6 Å². The molecule has 2 N–H and O–H groups in total. The molecule has 1 aromatic heterocycles. The van der Waals surface area contributed by atoms with Gasteiger partial charge in [-0.3, -0.25) is 4.98 Å². The Balaban J connectivity index is 1.40. The molecule has 6 nitrogen and oxygen atoms in total. The van der Waals surface area contributed by atoms with Crippen LogP contribution in [0.1, 0.15) is 43.9 Å². The summed E-state index contributed by atoms with van der Waals surface area (Å²) in [6, 6.07) is 21.9. The minimum Gasteiger partial charge on any atom is -0.345 e. The van der Waals surface area contributed by atoms with E-state index in [1.54, 1.807) is 0 Å². The Labute approximate surface area is 211 Å². The molecule has 5 rings (SSSR count). The number of aryl methyl sites for hydroxylation is 1. The van der Waals surface area contributed by atoms with Crippen molar-refractivity contribution in [2.75, 3.05) is 23.8 Å². The summed E-state index contributed by atoms with van der Waals surface area (Å²) < 4.78 is 11.1. The van der Waals surface area contributed by atoms with Crippen molar-refractivity contribution in [3.63, 3.8) is 0 Å². The molecular formula is C30H31N3O3. The van der Waals surface area contributed by atoms with Gasteiger partial charge in [-0.05, 0) is 52.6 Å². The van der Waals surface area contributed by atoms with Crippen LogP contribution in [0.4, 0.5) is 16.2 Å². The normalized spacial score (nSPS) is 14.2. The van der Waals surface area contributed by atoms with Crippen LogP contribution in [0.2, 0.25) is 0 Å². The maximum atomic E-state index is 13.0. The molecule has 36 heavy (non-hydrogen) atoms. The molecule has 1 aliphatic rings. The van der Waals surface area contributed by atoms with Crippen LogP contribution in [-0.2, 0) is 14.9 Å². The van der Waals surface area contributed by atoms with Gasteiger partial charge in [0.1, 0.15) is 0 Å². The number of nitrogens with zero attached hydrogens (tertiary/aromatic N) is 1. The fraction of sp³-hybridized carbons (Fsp3) is 0.267. The van der Waals surface area contributed by atoms with E-state index >= 15 is 0 Å². The Kier molecular flexibility index (Phi) is 6.48. The van der Waals surface area contributed by atoms with Crippen molar-refractivity contribution in [3.05, 3.63) is 89.7 Å². The standard InChI is InChI=1S/C30H31N3O3/c1-19-9-11-21(30(2,3)4)17-27(19)33-29(34)32-25-14-12-22(23-7-5-6-8-24(23)25)20-10-13-26(31-18-20)28-35-15-16-36-28/h5-14,17-18,28H,15-16H2,1-4H3,(H2,32,33,34). The molecule has 0 radical (unpaired) electrons. The number of hydrogen-bond donors (Lipinski definition) is 2. The monoisotopic (exact) mass is 481 g/mol. The highest BCUT2D eigenvalue weighted by Gasteiger charge is 2.20. The molecule has 0 unspecified atom stereocenters. The largest absolute Gasteiger partial charge is 0.345 e. The van der Waals surface area contributed by atoms with E-state index in [1.165, 1.54) is 5.56 Å². The van der Waals surface area contributed by atoms with Gasteiger partial charge in [0.15, 0.2) is 0 Å². The van der Waals surface area contributed by atoms with Gasteiger partial charge in [0.2, 0.25) is 6.29 Å². The van der Waals surface area contributed by atoms with Crippen LogP contribution in [0.3, 0.4) is 0 Å². The Morgan fingerprint density at radius 3 is 2.31 bits per heavy atom. The first-order valence-electron chi connectivity index (χ1n) is 12.2. The number of ether oxygens (including phenoxy) is 2. The van der Waals surface area contributed by atoms with Gasteiger partial charge in [0, 0.05) is 22.8 Å². The summed E-state index contributed by atoms with van der Waals surface area (Å²) in [5, 5.41) is 8.06. The van der Waals surface area contributed by atoms with Crippen LogP contribution in [0.5, 0.6) is 0 Å². The minimum absolute atomic E-state index is 0.00313. The third-order valence-corrected chi connectivity index (χ3v) is 6.48. The highest BCUT2D eigenvalue weighted by molar-refractivity contribution is 6.09. The van der Waals surface area contributed by atoms with E-state index in [0.29, 0.717) is 13.2 Å². The third kappa shape index (κ3) is 4.96. The molecule has 0 saturated carbocycles. The van der Waals surface area contributed by atoms with Crippen LogP contribution < -0.4 is 10.6 Å². The average molecular weight is 482 g/mol. The fourth-order valence-corrected chi connectivity index (χ4v) is 4.39. The first-order chi connectivity index (χ1) is 17.3. The number of carbonyl (C=O) groups excluding carboxylic acids is 1. The predicted molar refractivity (Wildman–Crippen MR) is 144 cm³/mol. The van der Waals surface area contributed by atoms with E-state index in [2.05, 4.69) is 54.6 Å². The lowest BCUT2D eigenvalue weighted by atomic mass is 9.86. The number of benzene rings is 3. The van der Waals surface area contributed by atoms with E-state index in [9.17, 15) is 4.79 Å². The summed E-state index contributed by atoms with van der Waals surface area (Å²) in [7, 11) is 0. The quantitative estimate of drug-likeness (QED) is 0.323. The van der Waals surface area contributed by atoms with Crippen LogP contribution in [-0.4, -0.2) is 24.2 Å². The highest BCUT2D eigenvalue weighted by atomic mass is 16.7. The molecule has 1 saturated heterocycles. The number of rotatable bonds is 4. The minimum atomic E-state index is -0.395. The van der Waals surface area contributed by atoms with Crippen molar-refractivity contribution < 1.29 is 14.3 Å². The van der Waals surface area contributed by atoms with Gasteiger partial charge in [0.25, 0.3) is 0 Å². The fourth-order valence-electron chi connectivity index (χ4n) is 4.39. The number of pyridine rings is 1. The molecule has 2 heterocycles. The Hall–Kier alpha value is -3.74. The molecule has 2 amide bonds. The first kappa shape index (κ1) is 24.0. The number of carbonyl (C=O) groups is 1. The maximum absolute atomic E-state index is 13.0. The second kappa shape index (κ2) is 9.72. The molecule has 4 aromatic rings. The van der Waals surface area contributed by atoms with Gasteiger partial charge >= 0.3 is 6.03 Å². The molecule has 6 heteroatoms. The molecular weight excluding hydrogens is 450 g/mol. The third-order valence-electron chi connectivity index (χ3n) is 6.48. The van der Waals surface area contributed by atoms with Crippen molar-refractivity contribution in [1.29, 1.82) is 0 Å². The average Bonchev–Trinajstić information content (AvgIpc) is 3.40. The number of nitrogens with one attached hydrogen (secondary N) is 2. The van der Waals surface area contributed by atoms with Crippen molar-refractivity contribution in [2.45, 2.75) is 39.4 Å². The van der Waals surface area contributed by atoms with Crippen molar-refractivity contribution in [2.24, 2.45) is 0 Å². The first-order valence-corrected chi connectivity index (χ1v) is 12.2. The van der Waals surface area contributed by atoms with Crippen LogP contribution in [0, 0.1) is 6.92 Å². The maximum Gasteiger partial charge on any atom is 0.323 e. The summed E-state index contributed by atoms with van der Waals surface area (Å²) in [5.41, 5.74) is 6.52. The summed E-state index contributed by atoms with van der Waals surface area (Å²) in [5.74, 6) is 0. The second-order valence-electron chi connectivity index (χ2n) is 10.1. The van der Waals surface area contributed by atoms with Crippen molar-refractivity contribution in [1.82, 2.24) is 4.98 Å². The van der Waals surface area contributed by atoms with Crippen LogP contribution in [0.15, 0.2) is 72.9 Å². The molecule has 3 aromatic carbocycles. The summed E-state index contributed by atoms with van der Waals surface area (Å²) in [6.07, 6.45) is 1.45. The summed E-state index contributed by atoms with van der Waals surface area (Å²) >= 11 is 0. The van der Waals surface area contributed by atoms with Crippen LogP contribution in [0.25, 0.3) is 21.9 Å². The number of amides is 2. The SMILES string of the molecule is Cc1ccc(C(C)(C)C)cc1NC(=O)Nc1ccc(-c2ccc(C3OCCO3)nc2)c2ccccc12. The number of anilines is 2. The molecule has 0 aliphatic carbocycles. The van der Waals surface area contributed by atoms with Crippen LogP contribution >= 0.6 is 0 Å². The zero-order valence-electron chi connectivity index (χ0n) is 21.1. The highest BCUT2D eigenvalue weighted by Crippen LogP contribution is 2.34. The van der Waals surface area contributed by atoms with Gasteiger partial charge in [-0.2, -0.15) is 0 Å². The molecule has 0 atom stereocenters. The number of hydrogen-bond acceptors (Lipinski definition) is 4. The Morgan fingerprint density at radius 1 is 0.889 bits per heavy atom. The second-order valence-corrected chi connectivity index (χ2v) is 10.1. The topological polar surface area (TPSA) is 72.5 Å². The smallest absolute Gasteiger partial charge is 0.323 e. The number of fused-ring (bicyclic) bond motifs is 1. The van der Waals surface area contributed by atoms with Gasteiger partial charge in [-0.1, -0.05) is 69.3 Å². The summed E-state index contributed by atoms with van der Waals surface area (Å²) in [6.45, 7) is 9.65. The lowest BCUT2D eigenvalue weighted by molar-refractivity contribution is -0.0472. The number of urea groups is 1. The van der Waals surface area contributed by atoms with E-state index in [4.69, 9.17) is 9.47 Å². The number of aromatic nitrogens is 1. The molecule has 184 valence electrons. The predicted octanol–water partition coefficient (Wildman–Crippen LogP) is 7.20. The van der Waals surface area contributed by atoms with Gasteiger partial charge in [-0.15, -0.1) is 0 Å². The van der Waals surface area contributed by atoms with E-state index in [1.807, 2.05) is 61.7 Å². The zero-order valence-corrected chi connectivity index (χ0v) is 21.1. The van der Waals surface area contributed by atoms with Crippen molar-refractivity contribution >= 4 is 28.2 Å².